The van der Waals surface area contributed by atoms with Crippen molar-refractivity contribution in [3.63, 3.8) is 0 Å². The molecule has 0 saturated heterocycles. The number of nitrogens with zero attached hydrogens (tertiary/aromatic N) is 1. The van der Waals surface area contributed by atoms with Crippen molar-refractivity contribution in [2.45, 2.75) is 44.1 Å². The van der Waals surface area contributed by atoms with Gasteiger partial charge in [0, 0.05) is 29.7 Å². The maximum Gasteiger partial charge on any atom is 0.197 e. The van der Waals surface area contributed by atoms with Crippen LogP contribution in [0.5, 0.6) is 11.8 Å². The maximum absolute atomic E-state index is 12.6. The van der Waals surface area contributed by atoms with Gasteiger partial charge in [-0.15, -0.1) is 0 Å². The van der Waals surface area contributed by atoms with Crippen LogP contribution in [0.4, 0.5) is 0 Å². The minimum Gasteiger partial charge on any atom is -0.494 e. The molecule has 2 aliphatic carbocycles. The fraction of sp³-hybridized carbons (Fsp3) is 0.292. The van der Waals surface area contributed by atoms with Crippen LogP contribution in [-0.4, -0.2) is 20.6 Å². The summed E-state index contributed by atoms with van der Waals surface area (Å²) in [5.74, 6) is 1.07. The minimum absolute atomic E-state index is 0.00948. The first-order valence-electron chi connectivity index (χ1n) is 9.96. The molecule has 1 heterocycles. The molecule has 0 amide bonds. The predicted octanol–water partition coefficient (Wildman–Crippen LogP) is 5.20. The Labute approximate surface area is 164 Å². The third kappa shape index (κ3) is 2.63. The average molecular weight is 373 g/mol. The zero-order valence-corrected chi connectivity index (χ0v) is 15.6. The van der Waals surface area contributed by atoms with E-state index in [9.17, 15) is 15.0 Å². The van der Waals surface area contributed by atoms with Gasteiger partial charge in [-0.2, -0.15) is 0 Å². The number of fused-ring (bicyclic) bond motifs is 5. The summed E-state index contributed by atoms with van der Waals surface area (Å²) in [4.78, 5) is 12.6. The average Bonchev–Trinajstić information content (AvgIpc) is 3.41. The number of Topliss-reactive ketones (excluding diaryl/α,β-unsaturated/α-hetero) is 1. The lowest BCUT2D eigenvalue weighted by Crippen LogP contribution is -2.06. The Kier molecular flexibility index (Phi) is 4.00. The number of hydrogen-bond acceptors (Lipinski definition) is 3. The number of benzene rings is 2. The van der Waals surface area contributed by atoms with Crippen molar-refractivity contribution in [3.8, 4) is 22.9 Å². The van der Waals surface area contributed by atoms with Crippen LogP contribution in [0.2, 0.25) is 0 Å². The highest BCUT2D eigenvalue weighted by Crippen LogP contribution is 2.59. The van der Waals surface area contributed by atoms with Gasteiger partial charge in [-0.1, -0.05) is 54.6 Å². The standard InChI is InChI=1S/C24H23NO3/c26-20(17-8-6-16(7-9-17)15-4-2-1-3-5-15)12-13-25-23(27)21-18-10-11-19(14-18)22(21)24(25)28/h1-9,18-19,27-28H,10-14H2. The topological polar surface area (TPSA) is 62.5 Å². The lowest BCUT2D eigenvalue weighted by molar-refractivity contribution is 0.0975. The van der Waals surface area contributed by atoms with Crippen molar-refractivity contribution < 1.29 is 15.0 Å². The van der Waals surface area contributed by atoms with Crippen molar-refractivity contribution in [2.75, 3.05) is 0 Å². The van der Waals surface area contributed by atoms with Crippen LogP contribution >= 0.6 is 0 Å². The van der Waals surface area contributed by atoms with Crippen molar-refractivity contribution in [3.05, 3.63) is 71.3 Å². The molecule has 28 heavy (non-hydrogen) atoms. The highest BCUT2D eigenvalue weighted by atomic mass is 16.3. The van der Waals surface area contributed by atoms with Crippen LogP contribution in [-0.2, 0) is 6.54 Å². The summed E-state index contributed by atoms with van der Waals surface area (Å²) < 4.78 is 1.52. The number of carbonyl (C=O) groups excluding carboxylic acids is 1. The van der Waals surface area contributed by atoms with Crippen molar-refractivity contribution in [1.29, 1.82) is 0 Å². The van der Waals surface area contributed by atoms with E-state index in [1.807, 2.05) is 54.6 Å². The van der Waals surface area contributed by atoms with E-state index in [1.165, 1.54) is 4.57 Å². The van der Waals surface area contributed by atoms with Gasteiger partial charge in [0.15, 0.2) is 17.5 Å². The lowest BCUT2D eigenvalue weighted by atomic mass is 9.95. The molecule has 1 saturated carbocycles. The number of rotatable bonds is 5. The first kappa shape index (κ1) is 17.1. The fourth-order valence-electron chi connectivity index (χ4n) is 4.99. The fourth-order valence-corrected chi connectivity index (χ4v) is 4.99. The second-order valence-electron chi connectivity index (χ2n) is 7.95. The number of ketones is 1. The van der Waals surface area contributed by atoms with Gasteiger partial charge in [-0.25, -0.2) is 0 Å². The molecule has 3 aromatic rings. The van der Waals surface area contributed by atoms with Gasteiger partial charge in [0.05, 0.1) is 0 Å². The summed E-state index contributed by atoms with van der Waals surface area (Å²) in [5, 5.41) is 21.2. The van der Waals surface area contributed by atoms with Gasteiger partial charge in [-0.05, 0) is 42.2 Å². The molecule has 0 spiro atoms. The van der Waals surface area contributed by atoms with Gasteiger partial charge in [-0.3, -0.25) is 9.36 Å². The summed E-state index contributed by atoms with van der Waals surface area (Å²) in [5.41, 5.74) is 4.69. The molecule has 0 aliphatic heterocycles. The molecule has 1 aromatic heterocycles. The molecule has 5 rings (SSSR count). The normalized spacial score (nSPS) is 19.7. The summed E-state index contributed by atoms with van der Waals surface area (Å²) in [6.07, 6.45) is 3.46. The van der Waals surface area contributed by atoms with Crippen LogP contribution in [0, 0.1) is 0 Å². The summed E-state index contributed by atoms with van der Waals surface area (Å²) in [6.45, 7) is 0.295. The first-order chi connectivity index (χ1) is 13.6. The quantitative estimate of drug-likeness (QED) is 0.604. The largest absolute Gasteiger partial charge is 0.494 e. The molecule has 2 atom stereocenters. The number of aromatic nitrogens is 1. The van der Waals surface area contributed by atoms with E-state index in [2.05, 4.69) is 0 Å². The van der Waals surface area contributed by atoms with Gasteiger partial charge in [0.1, 0.15) is 0 Å². The van der Waals surface area contributed by atoms with E-state index >= 15 is 0 Å². The second kappa shape index (κ2) is 6.55. The Morgan fingerprint density at radius 3 is 2.04 bits per heavy atom. The van der Waals surface area contributed by atoms with Gasteiger partial charge in [0.25, 0.3) is 0 Å². The van der Waals surface area contributed by atoms with E-state index in [1.54, 1.807) is 0 Å². The number of hydrogen-bond donors (Lipinski definition) is 2. The van der Waals surface area contributed by atoms with Gasteiger partial charge in [0.2, 0.25) is 0 Å². The van der Waals surface area contributed by atoms with E-state index in [0.29, 0.717) is 23.9 Å². The number of aromatic hydroxyl groups is 2. The summed E-state index contributed by atoms with van der Waals surface area (Å²) >= 11 is 0. The zero-order chi connectivity index (χ0) is 19.3. The maximum atomic E-state index is 12.6. The SMILES string of the molecule is O=C(CCn1c(O)c2c(c1O)C1CCC2C1)c1ccc(-c2ccccc2)cc1. The molecule has 4 nitrogen and oxygen atoms in total. The van der Waals surface area contributed by atoms with Crippen LogP contribution in [0.15, 0.2) is 54.6 Å². The van der Waals surface area contributed by atoms with Crippen molar-refractivity contribution in [1.82, 2.24) is 4.57 Å². The second-order valence-corrected chi connectivity index (χ2v) is 7.95. The third-order valence-electron chi connectivity index (χ3n) is 6.41. The molecule has 4 heteroatoms. The molecule has 142 valence electrons. The van der Waals surface area contributed by atoms with Crippen LogP contribution in [0.1, 0.15) is 59.0 Å². The Hall–Kier alpha value is -3.01. The molecule has 1 fully saturated rings. The van der Waals surface area contributed by atoms with Crippen LogP contribution < -0.4 is 0 Å². The Morgan fingerprint density at radius 1 is 0.857 bits per heavy atom. The van der Waals surface area contributed by atoms with Gasteiger partial charge < -0.3 is 10.2 Å². The van der Waals surface area contributed by atoms with Crippen molar-refractivity contribution in [2.24, 2.45) is 0 Å². The van der Waals surface area contributed by atoms with E-state index in [4.69, 9.17) is 0 Å². The van der Waals surface area contributed by atoms with E-state index in [-0.39, 0.29) is 24.0 Å². The smallest absolute Gasteiger partial charge is 0.197 e. The lowest BCUT2D eigenvalue weighted by Gasteiger charge is -2.09. The molecule has 2 bridgehead atoms. The zero-order valence-electron chi connectivity index (χ0n) is 15.6. The molecule has 2 aromatic carbocycles. The molecular weight excluding hydrogens is 350 g/mol. The first-order valence-corrected chi connectivity index (χ1v) is 9.96. The molecule has 2 N–H and O–H groups in total. The van der Waals surface area contributed by atoms with Crippen LogP contribution in [0.3, 0.4) is 0 Å². The molecule has 2 unspecified atom stereocenters. The Bertz CT molecular complexity index is 1000. The monoisotopic (exact) mass is 373 g/mol. The van der Waals surface area contributed by atoms with Crippen molar-refractivity contribution >= 4 is 5.78 Å². The molecule has 2 aliphatic rings. The number of carbonyl (C=O) groups is 1. The predicted molar refractivity (Wildman–Crippen MR) is 108 cm³/mol. The Balaban J connectivity index is 1.31. The summed E-state index contributed by atoms with van der Waals surface area (Å²) in [6, 6.07) is 17.7. The van der Waals surface area contributed by atoms with Crippen LogP contribution in [0.25, 0.3) is 11.1 Å². The molecular formula is C24H23NO3. The summed E-state index contributed by atoms with van der Waals surface area (Å²) in [7, 11) is 0. The van der Waals surface area contributed by atoms with Gasteiger partial charge >= 0.3 is 0 Å². The van der Waals surface area contributed by atoms with E-state index < -0.39 is 0 Å². The minimum atomic E-state index is 0.00948. The van der Waals surface area contributed by atoms with E-state index in [0.717, 1.165) is 41.5 Å². The molecule has 0 radical (unpaired) electrons. The highest BCUT2D eigenvalue weighted by Gasteiger charge is 2.43. The Morgan fingerprint density at radius 2 is 1.43 bits per heavy atom. The highest BCUT2D eigenvalue weighted by molar-refractivity contribution is 5.96. The third-order valence-corrected chi connectivity index (χ3v) is 6.41.